The normalized spacial score (nSPS) is 13.3. The summed E-state index contributed by atoms with van der Waals surface area (Å²) in [6.07, 6.45) is 0.565. The molecule has 2 rings (SSSR count). The van der Waals surface area contributed by atoms with Gasteiger partial charge < -0.3 is 0 Å². The predicted octanol–water partition coefficient (Wildman–Crippen LogP) is 3.48. The van der Waals surface area contributed by atoms with Crippen molar-refractivity contribution in [1.82, 2.24) is 5.48 Å². The molecule has 0 bridgehead atoms. The van der Waals surface area contributed by atoms with E-state index >= 15 is 0 Å². The van der Waals surface area contributed by atoms with Crippen molar-refractivity contribution in [2.24, 2.45) is 5.92 Å². The number of aryl methyl sites for hydroxylation is 1. The Hall–Kier alpha value is -1.98. The third-order valence-corrected chi connectivity index (χ3v) is 4.92. The van der Waals surface area contributed by atoms with Gasteiger partial charge in [0.25, 0.3) is 0 Å². The summed E-state index contributed by atoms with van der Waals surface area (Å²) in [5, 5.41) is 10.9. The Morgan fingerprint density at radius 3 is 2.48 bits per heavy atom. The molecule has 1 unspecified atom stereocenters. The van der Waals surface area contributed by atoms with E-state index in [2.05, 4.69) is 0 Å². The molecule has 0 saturated heterocycles. The highest BCUT2D eigenvalue weighted by molar-refractivity contribution is 7.09. The molecule has 0 saturated carbocycles. The summed E-state index contributed by atoms with van der Waals surface area (Å²) in [6.45, 7) is 3.85. The molecule has 4 nitrogen and oxygen atoms in total. The molecule has 1 heterocycles. The van der Waals surface area contributed by atoms with E-state index in [1.54, 1.807) is 5.48 Å². The molecule has 0 aliphatic heterocycles. The number of ketones is 1. The Kier molecular flexibility index (Phi) is 6.07. The summed E-state index contributed by atoms with van der Waals surface area (Å²) in [7, 11) is 0. The Labute approximate surface area is 140 Å². The maximum Gasteiger partial charge on any atom is 0.247 e. The first-order chi connectivity index (χ1) is 11.0. The molecule has 2 N–H and O–H groups in total. The number of carbonyl (C=O) groups excluding carboxylic acids is 2. The van der Waals surface area contributed by atoms with E-state index in [-0.39, 0.29) is 18.1 Å². The first-order valence-corrected chi connectivity index (χ1v) is 8.45. The second kappa shape index (κ2) is 8.04. The van der Waals surface area contributed by atoms with Crippen LogP contribution in [-0.2, 0) is 16.0 Å². The Bertz CT molecular complexity index is 649. The van der Waals surface area contributed by atoms with Crippen LogP contribution in [-0.4, -0.2) is 16.9 Å². The second-order valence-electron chi connectivity index (χ2n) is 5.76. The van der Waals surface area contributed by atoms with Crippen molar-refractivity contribution in [2.45, 2.75) is 32.6 Å². The van der Waals surface area contributed by atoms with Crippen molar-refractivity contribution in [3.8, 4) is 0 Å². The quantitative estimate of drug-likeness (QED) is 0.603. The van der Waals surface area contributed by atoms with Gasteiger partial charge in [0.15, 0.2) is 0 Å². The summed E-state index contributed by atoms with van der Waals surface area (Å²) >= 11 is 1.54. The van der Waals surface area contributed by atoms with Gasteiger partial charge in [0.2, 0.25) is 5.91 Å². The van der Waals surface area contributed by atoms with Crippen LogP contribution in [0.5, 0.6) is 0 Å². The molecule has 0 aliphatic carbocycles. The number of carbonyl (C=O) groups is 2. The lowest BCUT2D eigenvalue weighted by Crippen LogP contribution is -2.31. The summed E-state index contributed by atoms with van der Waals surface area (Å²) in [5.41, 5.74) is 3.77. The lowest BCUT2D eigenvalue weighted by atomic mass is 9.88. The molecule has 0 aliphatic rings. The zero-order valence-corrected chi connectivity index (χ0v) is 14.1. The van der Waals surface area contributed by atoms with Crippen molar-refractivity contribution in [3.05, 3.63) is 57.8 Å². The minimum Gasteiger partial charge on any atom is -0.299 e. The highest BCUT2D eigenvalue weighted by Crippen LogP contribution is 2.23. The van der Waals surface area contributed by atoms with Gasteiger partial charge in [-0.05, 0) is 30.4 Å². The third kappa shape index (κ3) is 4.74. The average Bonchev–Trinajstić information content (AvgIpc) is 3.06. The van der Waals surface area contributed by atoms with Gasteiger partial charge in [0, 0.05) is 17.2 Å². The molecule has 122 valence electrons. The fraction of sp³-hybridized carbons (Fsp3) is 0.333. The molecule has 0 radical (unpaired) electrons. The van der Waals surface area contributed by atoms with Crippen molar-refractivity contribution in [1.29, 1.82) is 0 Å². The van der Waals surface area contributed by atoms with Gasteiger partial charge >= 0.3 is 0 Å². The lowest BCUT2D eigenvalue weighted by molar-refractivity contribution is -0.136. The van der Waals surface area contributed by atoms with E-state index in [1.165, 1.54) is 11.3 Å². The van der Waals surface area contributed by atoms with Crippen LogP contribution < -0.4 is 5.48 Å². The highest BCUT2D eigenvalue weighted by atomic mass is 32.1. The van der Waals surface area contributed by atoms with Crippen molar-refractivity contribution < 1.29 is 14.8 Å². The van der Waals surface area contributed by atoms with Crippen LogP contribution in [0.3, 0.4) is 0 Å². The molecule has 0 fully saturated rings. The van der Waals surface area contributed by atoms with E-state index in [9.17, 15) is 9.59 Å². The molecule has 23 heavy (non-hydrogen) atoms. The largest absolute Gasteiger partial charge is 0.299 e. The fourth-order valence-electron chi connectivity index (χ4n) is 2.48. The smallest absolute Gasteiger partial charge is 0.247 e. The highest BCUT2D eigenvalue weighted by Gasteiger charge is 2.25. The van der Waals surface area contributed by atoms with Crippen LogP contribution in [0.4, 0.5) is 0 Å². The van der Waals surface area contributed by atoms with Gasteiger partial charge in [-0.15, -0.1) is 11.3 Å². The summed E-state index contributed by atoms with van der Waals surface area (Å²) < 4.78 is 0. The number of nitrogens with one attached hydrogen (secondary N) is 1. The summed E-state index contributed by atoms with van der Waals surface area (Å²) in [6, 6.07) is 11.7. The SMILES string of the molecule is Cc1ccc(C(C)C(=O)C[C@H](Cc2cccs2)C(=O)NO)cc1. The number of hydrogen-bond donors (Lipinski definition) is 2. The van der Waals surface area contributed by atoms with Crippen LogP contribution >= 0.6 is 11.3 Å². The molecule has 2 atom stereocenters. The minimum absolute atomic E-state index is 0.000917. The Balaban J connectivity index is 2.07. The number of rotatable bonds is 7. The average molecular weight is 331 g/mol. The Morgan fingerprint density at radius 2 is 1.91 bits per heavy atom. The molecule has 2 aromatic rings. The maximum absolute atomic E-state index is 12.5. The maximum atomic E-state index is 12.5. The van der Waals surface area contributed by atoms with Crippen molar-refractivity contribution >= 4 is 23.0 Å². The molecule has 1 aromatic carbocycles. The van der Waals surface area contributed by atoms with E-state index in [4.69, 9.17) is 5.21 Å². The van der Waals surface area contributed by atoms with Gasteiger partial charge in [-0.1, -0.05) is 42.8 Å². The van der Waals surface area contributed by atoms with Crippen LogP contribution in [0.25, 0.3) is 0 Å². The predicted molar refractivity (Wildman–Crippen MR) is 90.7 cm³/mol. The first-order valence-electron chi connectivity index (χ1n) is 7.57. The zero-order chi connectivity index (χ0) is 16.8. The number of hydroxylamine groups is 1. The molecule has 1 aromatic heterocycles. The standard InChI is InChI=1S/C18H21NO3S/c1-12-5-7-14(8-6-12)13(2)17(20)11-15(18(21)19-22)10-16-4-3-9-23-16/h3-9,13,15,22H,10-11H2,1-2H3,(H,19,21)/t13?,15-/m0/s1. The van der Waals surface area contributed by atoms with Crippen LogP contribution in [0, 0.1) is 12.8 Å². The summed E-state index contributed by atoms with van der Waals surface area (Å²) in [5.74, 6) is -1.34. The van der Waals surface area contributed by atoms with Crippen LogP contribution in [0.2, 0.25) is 0 Å². The van der Waals surface area contributed by atoms with Crippen molar-refractivity contribution in [3.63, 3.8) is 0 Å². The van der Waals surface area contributed by atoms with Gasteiger partial charge in [0.05, 0.1) is 5.92 Å². The molecule has 5 heteroatoms. The van der Waals surface area contributed by atoms with Gasteiger partial charge in [-0.3, -0.25) is 14.8 Å². The van der Waals surface area contributed by atoms with Gasteiger partial charge in [0.1, 0.15) is 5.78 Å². The van der Waals surface area contributed by atoms with Crippen molar-refractivity contribution in [2.75, 3.05) is 0 Å². The van der Waals surface area contributed by atoms with E-state index < -0.39 is 11.8 Å². The molecule has 0 spiro atoms. The first kappa shape index (κ1) is 17.4. The van der Waals surface area contributed by atoms with E-state index in [0.717, 1.165) is 16.0 Å². The minimum atomic E-state index is -0.556. The molecule has 1 amide bonds. The van der Waals surface area contributed by atoms with E-state index in [1.807, 2.05) is 55.6 Å². The monoisotopic (exact) mass is 331 g/mol. The molecular weight excluding hydrogens is 310 g/mol. The number of amides is 1. The van der Waals surface area contributed by atoms with Gasteiger partial charge in [-0.2, -0.15) is 0 Å². The number of Topliss-reactive ketones (excluding diaryl/α,β-unsaturated/α-hetero) is 1. The zero-order valence-electron chi connectivity index (χ0n) is 13.3. The van der Waals surface area contributed by atoms with Crippen LogP contribution in [0.1, 0.15) is 35.3 Å². The number of hydrogen-bond acceptors (Lipinski definition) is 4. The molecular formula is C18H21NO3S. The van der Waals surface area contributed by atoms with E-state index in [0.29, 0.717) is 6.42 Å². The number of benzene rings is 1. The van der Waals surface area contributed by atoms with Crippen LogP contribution in [0.15, 0.2) is 41.8 Å². The second-order valence-corrected chi connectivity index (χ2v) is 6.79. The topological polar surface area (TPSA) is 66.4 Å². The number of thiophene rings is 1. The lowest BCUT2D eigenvalue weighted by Gasteiger charge is -2.17. The summed E-state index contributed by atoms with van der Waals surface area (Å²) in [4.78, 5) is 25.4. The Morgan fingerprint density at radius 1 is 1.22 bits per heavy atom. The fourth-order valence-corrected chi connectivity index (χ4v) is 3.27. The van der Waals surface area contributed by atoms with Gasteiger partial charge in [-0.25, -0.2) is 5.48 Å². The third-order valence-electron chi connectivity index (χ3n) is 4.02.